The second kappa shape index (κ2) is 10.1. The van der Waals surface area contributed by atoms with Crippen molar-refractivity contribution in [3.05, 3.63) is 84.4 Å². The number of rotatable bonds is 4. The van der Waals surface area contributed by atoms with Gasteiger partial charge in [0.1, 0.15) is 12.3 Å². The van der Waals surface area contributed by atoms with E-state index in [0.717, 1.165) is 79.7 Å². The molecule has 44 heavy (non-hydrogen) atoms. The molecule has 9 nitrogen and oxygen atoms in total. The summed E-state index contributed by atoms with van der Waals surface area (Å²) in [5, 5.41) is 12.2. The number of hydrogen-bond donors (Lipinski definition) is 1. The molecule has 1 N–H and O–H groups in total. The van der Waals surface area contributed by atoms with Crippen LogP contribution in [0.1, 0.15) is 41.7 Å². The van der Waals surface area contributed by atoms with Crippen LogP contribution in [0.15, 0.2) is 73.2 Å². The number of phenols is 1. The third-order valence-electron chi connectivity index (χ3n) is 10.5. The quantitative estimate of drug-likeness (QED) is 0.308. The minimum absolute atomic E-state index is 0.116. The number of aryl methyl sites for hydroxylation is 1. The first-order valence-corrected chi connectivity index (χ1v) is 15.5. The third kappa shape index (κ3) is 4.24. The number of hydrogen-bond acceptors (Lipinski definition) is 5. The number of amides is 2. The Morgan fingerprint density at radius 1 is 0.909 bits per heavy atom. The van der Waals surface area contributed by atoms with Crippen molar-refractivity contribution in [2.24, 2.45) is 12.5 Å². The molecule has 0 atom stereocenters. The van der Waals surface area contributed by atoms with Crippen LogP contribution < -0.4 is 9.80 Å². The van der Waals surface area contributed by atoms with Crippen LogP contribution in [0, 0.1) is 5.41 Å². The Morgan fingerprint density at radius 3 is 2.43 bits per heavy atom. The minimum atomic E-state index is -0.116. The van der Waals surface area contributed by atoms with E-state index >= 15 is 0 Å². The van der Waals surface area contributed by atoms with E-state index in [9.17, 15) is 14.7 Å². The molecule has 9 heteroatoms. The first-order chi connectivity index (χ1) is 21.4. The fourth-order valence-corrected chi connectivity index (χ4v) is 7.75. The highest BCUT2D eigenvalue weighted by Crippen LogP contribution is 2.43. The predicted octanol–water partition coefficient (Wildman–Crippen LogP) is 5.30. The third-order valence-corrected chi connectivity index (χ3v) is 10.5. The Hall–Kier alpha value is -4.79. The second-order valence-corrected chi connectivity index (χ2v) is 12.7. The Morgan fingerprint density at radius 2 is 1.66 bits per heavy atom. The number of nitrogens with zero attached hydrogens (tertiary/aromatic N) is 6. The van der Waals surface area contributed by atoms with Crippen LogP contribution in [-0.2, 0) is 24.9 Å². The van der Waals surface area contributed by atoms with Crippen LogP contribution in [0.2, 0.25) is 0 Å². The fraction of sp³-hybridized carbons (Fsp3) is 0.343. The number of phenolic OH excluding ortho intramolecular Hbond substituents is 1. The number of carbonyl (C=O) groups is 2. The molecular weight excluding hydrogens is 552 g/mol. The molecule has 6 heterocycles. The van der Waals surface area contributed by atoms with Gasteiger partial charge in [-0.3, -0.25) is 14.6 Å². The van der Waals surface area contributed by atoms with Gasteiger partial charge in [0.15, 0.2) is 0 Å². The molecular formula is C35H36N6O3. The monoisotopic (exact) mass is 588 g/mol. The topological polar surface area (TPSA) is 86.8 Å². The van der Waals surface area contributed by atoms with Gasteiger partial charge in [0.25, 0.3) is 5.91 Å². The number of piperidine rings is 2. The summed E-state index contributed by atoms with van der Waals surface area (Å²) in [5.41, 5.74) is 5.61. The molecule has 3 aliphatic heterocycles. The van der Waals surface area contributed by atoms with Gasteiger partial charge in [0.2, 0.25) is 5.91 Å². The number of benzene rings is 2. The lowest BCUT2D eigenvalue weighted by atomic mass is 9.71. The van der Waals surface area contributed by atoms with Crippen molar-refractivity contribution in [2.75, 3.05) is 36.0 Å². The molecule has 2 fully saturated rings. The number of aromatic hydroxyl groups is 1. The van der Waals surface area contributed by atoms with Crippen LogP contribution in [0.3, 0.4) is 0 Å². The van der Waals surface area contributed by atoms with Crippen molar-refractivity contribution in [3.8, 4) is 5.75 Å². The van der Waals surface area contributed by atoms with E-state index < -0.39 is 0 Å². The van der Waals surface area contributed by atoms with Gasteiger partial charge in [-0.05, 0) is 78.9 Å². The highest BCUT2D eigenvalue weighted by atomic mass is 16.3. The molecule has 0 bridgehead atoms. The van der Waals surface area contributed by atoms with Crippen LogP contribution in [-0.4, -0.2) is 62.1 Å². The van der Waals surface area contributed by atoms with E-state index in [-0.39, 0.29) is 24.1 Å². The fourth-order valence-electron chi connectivity index (χ4n) is 7.75. The maximum absolute atomic E-state index is 13.7. The van der Waals surface area contributed by atoms with Crippen molar-refractivity contribution in [1.82, 2.24) is 19.0 Å². The highest BCUT2D eigenvalue weighted by Gasteiger charge is 2.39. The molecule has 0 radical (unpaired) electrons. The Balaban J connectivity index is 0.953. The van der Waals surface area contributed by atoms with Crippen LogP contribution >= 0.6 is 0 Å². The van der Waals surface area contributed by atoms with Gasteiger partial charge in [0.05, 0.1) is 34.2 Å². The van der Waals surface area contributed by atoms with Crippen molar-refractivity contribution in [3.63, 3.8) is 0 Å². The zero-order chi connectivity index (χ0) is 30.0. The molecule has 2 saturated heterocycles. The van der Waals surface area contributed by atoms with E-state index in [2.05, 4.69) is 22.0 Å². The maximum Gasteiger partial charge on any atom is 0.261 e. The summed E-state index contributed by atoms with van der Waals surface area (Å²) in [4.78, 5) is 37.6. The molecule has 5 aromatic rings. The van der Waals surface area contributed by atoms with Gasteiger partial charge in [-0.1, -0.05) is 12.1 Å². The van der Waals surface area contributed by atoms with Gasteiger partial charge < -0.3 is 28.9 Å². The van der Waals surface area contributed by atoms with E-state index in [1.807, 2.05) is 70.0 Å². The van der Waals surface area contributed by atoms with Gasteiger partial charge in [-0.15, -0.1) is 0 Å². The minimum Gasteiger partial charge on any atom is -0.507 e. The Kier molecular flexibility index (Phi) is 6.18. The SMILES string of the molecule is Cn1c2c(c3c(O)cccc31)C(=O)N(c1ccc3ccn(CC(=O)N4CCC5(CC4)CCN(c4ccncc4)CC5)c3c1)C2. The summed E-state index contributed by atoms with van der Waals surface area (Å²) < 4.78 is 4.00. The van der Waals surface area contributed by atoms with Crippen LogP contribution in [0.4, 0.5) is 11.4 Å². The van der Waals surface area contributed by atoms with Crippen LogP contribution in [0.5, 0.6) is 5.75 Å². The standard InChI is InChI=1S/C35H36N6O3/c1-37-27-3-2-4-30(42)32(27)33-29(37)22-41(34(33)44)26-6-5-24-9-16-40(28(24)21-26)23-31(43)39-19-12-35(13-20-39)10-17-38(18-11-35)25-7-14-36-15-8-25/h2-9,14-16,21,42H,10-13,17-20,22-23H2,1H3. The van der Waals surface area contributed by atoms with E-state index in [1.54, 1.807) is 17.0 Å². The molecule has 0 aliphatic carbocycles. The smallest absolute Gasteiger partial charge is 0.261 e. The molecule has 3 aromatic heterocycles. The number of anilines is 2. The summed E-state index contributed by atoms with van der Waals surface area (Å²) in [7, 11) is 1.94. The van der Waals surface area contributed by atoms with Gasteiger partial charge >= 0.3 is 0 Å². The van der Waals surface area contributed by atoms with Gasteiger partial charge in [0, 0.05) is 63.2 Å². The van der Waals surface area contributed by atoms with Crippen LogP contribution in [0.25, 0.3) is 21.8 Å². The first kappa shape index (κ1) is 26.8. The first-order valence-electron chi connectivity index (χ1n) is 15.5. The summed E-state index contributed by atoms with van der Waals surface area (Å²) in [6.07, 6.45) is 10.1. The zero-order valence-corrected chi connectivity index (χ0v) is 24.9. The number of carbonyl (C=O) groups excluding carboxylic acids is 2. The average molecular weight is 589 g/mol. The van der Waals surface area contributed by atoms with Crippen molar-refractivity contribution < 1.29 is 14.7 Å². The number of pyridine rings is 1. The van der Waals surface area contributed by atoms with Crippen molar-refractivity contribution in [1.29, 1.82) is 0 Å². The largest absolute Gasteiger partial charge is 0.507 e. The maximum atomic E-state index is 13.7. The molecule has 3 aliphatic rings. The molecule has 0 saturated carbocycles. The number of fused-ring (bicyclic) bond motifs is 4. The molecule has 0 unspecified atom stereocenters. The highest BCUT2D eigenvalue weighted by molar-refractivity contribution is 6.19. The lowest BCUT2D eigenvalue weighted by Crippen LogP contribution is -2.48. The normalized spacial score (nSPS) is 18.1. The molecule has 2 amide bonds. The van der Waals surface area contributed by atoms with Gasteiger partial charge in [-0.2, -0.15) is 0 Å². The molecule has 1 spiro atoms. The predicted molar refractivity (Wildman–Crippen MR) is 171 cm³/mol. The molecule has 8 rings (SSSR count). The molecule has 224 valence electrons. The Labute approximate surface area is 255 Å². The number of likely N-dealkylation sites (tertiary alicyclic amines) is 1. The Bertz CT molecular complexity index is 1910. The van der Waals surface area contributed by atoms with E-state index in [4.69, 9.17) is 0 Å². The second-order valence-electron chi connectivity index (χ2n) is 12.7. The van der Waals surface area contributed by atoms with Crippen molar-refractivity contribution >= 4 is 45.0 Å². The van der Waals surface area contributed by atoms with E-state index in [1.165, 1.54) is 5.69 Å². The zero-order valence-electron chi connectivity index (χ0n) is 24.9. The lowest BCUT2D eigenvalue weighted by molar-refractivity contribution is -0.134. The average Bonchev–Trinajstić information content (AvgIpc) is 3.70. The summed E-state index contributed by atoms with van der Waals surface area (Å²) in [6, 6.07) is 17.5. The summed E-state index contributed by atoms with van der Waals surface area (Å²) in [6.45, 7) is 4.43. The lowest BCUT2D eigenvalue weighted by Gasteiger charge is -2.47. The molecule has 2 aromatic carbocycles. The number of aromatic nitrogens is 3. The van der Waals surface area contributed by atoms with Crippen molar-refractivity contribution in [2.45, 2.75) is 38.8 Å². The van der Waals surface area contributed by atoms with Gasteiger partial charge in [-0.25, -0.2) is 0 Å². The van der Waals surface area contributed by atoms with E-state index in [0.29, 0.717) is 22.9 Å². The summed E-state index contributed by atoms with van der Waals surface area (Å²) in [5.74, 6) is 0.148. The summed E-state index contributed by atoms with van der Waals surface area (Å²) >= 11 is 0.